The molecule has 3 atom stereocenters. The third-order valence-electron chi connectivity index (χ3n) is 13.0. The maximum absolute atomic E-state index is 16.2. The summed E-state index contributed by atoms with van der Waals surface area (Å²) in [7, 11) is 0.0605. The van der Waals surface area contributed by atoms with E-state index in [2.05, 4.69) is 21.7 Å². The number of sulfone groups is 1. The fourth-order valence-electron chi connectivity index (χ4n) is 10.1. The van der Waals surface area contributed by atoms with Crippen molar-refractivity contribution in [1.82, 2.24) is 24.9 Å². The first-order valence-electron chi connectivity index (χ1n) is 19.8. The van der Waals surface area contributed by atoms with Crippen molar-refractivity contribution < 1.29 is 31.9 Å². The smallest absolute Gasteiger partial charge is 0.404 e. The van der Waals surface area contributed by atoms with Gasteiger partial charge in [0.15, 0.2) is 15.5 Å². The lowest BCUT2D eigenvalue weighted by atomic mass is 9.57. The quantitative estimate of drug-likeness (QED) is 0.272. The summed E-state index contributed by atoms with van der Waals surface area (Å²) in [5.41, 5.74) is 0.301. The molecule has 2 amide bonds. The van der Waals surface area contributed by atoms with Gasteiger partial charge in [-0.3, -0.25) is 9.69 Å². The van der Waals surface area contributed by atoms with E-state index in [0.717, 1.165) is 69.4 Å². The Kier molecular flexibility index (Phi) is 11.3. The maximum Gasteiger partial charge on any atom is 0.404 e. The molecule has 300 valence electrons. The first-order chi connectivity index (χ1) is 26.2. The molecule has 55 heavy (non-hydrogen) atoms. The summed E-state index contributed by atoms with van der Waals surface area (Å²) in [5, 5.41) is 11.9. The van der Waals surface area contributed by atoms with Crippen molar-refractivity contribution in [2.24, 2.45) is 11.8 Å². The van der Waals surface area contributed by atoms with Crippen molar-refractivity contribution in [3.05, 3.63) is 72.1 Å². The van der Waals surface area contributed by atoms with Crippen LogP contribution in [0.3, 0.4) is 0 Å². The number of carbonyl (C=O) groups is 2. The summed E-state index contributed by atoms with van der Waals surface area (Å²) >= 11 is 0. The van der Waals surface area contributed by atoms with Crippen molar-refractivity contribution in [3.8, 4) is 0 Å². The predicted octanol–water partition coefficient (Wildman–Crippen LogP) is 4.25. The van der Waals surface area contributed by atoms with Gasteiger partial charge in [-0.1, -0.05) is 25.1 Å². The van der Waals surface area contributed by atoms with Crippen LogP contribution in [0, 0.1) is 17.7 Å². The van der Waals surface area contributed by atoms with Gasteiger partial charge >= 0.3 is 6.09 Å². The third-order valence-corrected chi connectivity index (χ3v) is 15.1. The number of hydrogen-bond acceptors (Lipinski definition) is 8. The topological polar surface area (TPSA) is 117 Å². The lowest BCUT2D eigenvalue weighted by molar-refractivity contribution is -0.130. The average Bonchev–Trinajstić information content (AvgIpc) is 3.54. The number of hydrogen-bond donors (Lipinski definition) is 2. The van der Waals surface area contributed by atoms with Crippen LogP contribution in [0.15, 0.2) is 65.6 Å². The van der Waals surface area contributed by atoms with Crippen molar-refractivity contribution >= 4 is 27.5 Å². The van der Waals surface area contributed by atoms with Crippen LogP contribution in [0.2, 0.25) is 0 Å². The van der Waals surface area contributed by atoms with E-state index in [9.17, 15) is 27.5 Å². The number of rotatable bonds is 14. The van der Waals surface area contributed by atoms with Crippen molar-refractivity contribution in [2.75, 3.05) is 91.0 Å². The van der Waals surface area contributed by atoms with Gasteiger partial charge in [-0.25, -0.2) is 22.0 Å². The summed E-state index contributed by atoms with van der Waals surface area (Å²) < 4.78 is 57.8. The Bertz CT molecular complexity index is 1840. The number of likely N-dealkylation sites (tertiary alicyclic amines) is 3. The minimum atomic E-state index is -3.63. The van der Waals surface area contributed by atoms with Gasteiger partial charge in [0.05, 0.1) is 18.0 Å². The molecule has 11 nitrogen and oxygen atoms in total. The minimum absolute atomic E-state index is 0.0304. The highest BCUT2D eigenvalue weighted by molar-refractivity contribution is 7.92. The SMILES string of the molecule is C=C(CN(C)C)C(=O)N1CC(S(=O)(=O)c2ccc(N3CC(F)(CN4CCC([C@@](CN5CCC5)(c5cccc(F)c5)[C@H]5CCC[C@@H]5NC(=O)O)CC4)C3)cc2)C1. The number of alkyl halides is 1. The van der Waals surface area contributed by atoms with Gasteiger partial charge < -0.3 is 30.0 Å². The molecular formula is C41H56F2N6O5S. The van der Waals surface area contributed by atoms with Gasteiger partial charge in [-0.05, 0) is 126 Å². The van der Waals surface area contributed by atoms with Crippen molar-refractivity contribution in [2.45, 2.75) is 65.8 Å². The first-order valence-corrected chi connectivity index (χ1v) is 21.3. The second-order valence-electron chi connectivity index (χ2n) is 17.0. The summed E-state index contributed by atoms with van der Waals surface area (Å²) in [6, 6.07) is 13.4. The van der Waals surface area contributed by atoms with E-state index in [1.165, 1.54) is 11.0 Å². The fraction of sp³-hybridized carbons (Fsp3) is 0.610. The van der Waals surface area contributed by atoms with Gasteiger partial charge in [0, 0.05) is 55.4 Å². The van der Waals surface area contributed by atoms with Crippen LogP contribution in [-0.2, 0) is 20.0 Å². The van der Waals surface area contributed by atoms with E-state index in [4.69, 9.17) is 0 Å². The number of carbonyl (C=O) groups excluding carboxylic acids is 1. The Morgan fingerprint density at radius 1 is 0.982 bits per heavy atom. The van der Waals surface area contributed by atoms with E-state index < -0.39 is 32.3 Å². The van der Waals surface area contributed by atoms with E-state index >= 15 is 4.39 Å². The molecule has 4 saturated heterocycles. The lowest BCUT2D eigenvalue weighted by Crippen LogP contribution is -2.65. The molecule has 0 aromatic heterocycles. The molecule has 1 saturated carbocycles. The second-order valence-corrected chi connectivity index (χ2v) is 19.3. The van der Waals surface area contributed by atoms with Gasteiger partial charge in [-0.15, -0.1) is 0 Å². The molecule has 0 bridgehead atoms. The van der Waals surface area contributed by atoms with E-state index in [1.807, 2.05) is 30.0 Å². The maximum atomic E-state index is 16.2. The summed E-state index contributed by atoms with van der Waals surface area (Å²) in [5.74, 6) is -0.293. The highest BCUT2D eigenvalue weighted by Gasteiger charge is 2.54. The van der Waals surface area contributed by atoms with Gasteiger partial charge in [-0.2, -0.15) is 0 Å². The Morgan fingerprint density at radius 2 is 1.67 bits per heavy atom. The molecule has 5 aliphatic rings. The summed E-state index contributed by atoms with van der Waals surface area (Å²) in [6.45, 7) is 9.38. The van der Waals surface area contributed by atoms with Crippen molar-refractivity contribution in [3.63, 3.8) is 0 Å². The molecule has 1 aliphatic carbocycles. The molecule has 7 rings (SSSR count). The Morgan fingerprint density at radius 3 is 2.27 bits per heavy atom. The highest BCUT2D eigenvalue weighted by Crippen LogP contribution is 2.51. The van der Waals surface area contributed by atoms with Gasteiger partial charge in [0.25, 0.3) is 5.91 Å². The van der Waals surface area contributed by atoms with E-state index in [0.29, 0.717) is 31.8 Å². The zero-order valence-corrected chi connectivity index (χ0v) is 33.0. The zero-order valence-electron chi connectivity index (χ0n) is 32.1. The van der Waals surface area contributed by atoms with Gasteiger partial charge in [0.1, 0.15) is 11.1 Å². The molecular weight excluding hydrogens is 727 g/mol. The number of carboxylic acid groups (broad SMARTS) is 1. The molecule has 2 aromatic carbocycles. The van der Waals surface area contributed by atoms with Crippen LogP contribution in [-0.4, -0.2) is 148 Å². The Balaban J connectivity index is 0.965. The first kappa shape index (κ1) is 39.6. The highest BCUT2D eigenvalue weighted by atomic mass is 32.2. The molecule has 14 heteroatoms. The summed E-state index contributed by atoms with van der Waals surface area (Å²) in [6.07, 6.45) is 4.28. The molecule has 5 fully saturated rings. The average molecular weight is 783 g/mol. The molecule has 2 N–H and O–H groups in total. The largest absolute Gasteiger partial charge is 0.465 e. The number of halogens is 2. The van der Waals surface area contributed by atoms with Crippen LogP contribution in [0.25, 0.3) is 0 Å². The molecule has 0 radical (unpaired) electrons. The van der Waals surface area contributed by atoms with Crippen LogP contribution in [0.5, 0.6) is 0 Å². The zero-order chi connectivity index (χ0) is 39.1. The summed E-state index contributed by atoms with van der Waals surface area (Å²) in [4.78, 5) is 34.6. The normalized spacial score (nSPS) is 24.8. The van der Waals surface area contributed by atoms with E-state index in [-0.39, 0.29) is 60.7 Å². The Labute approximate surface area is 324 Å². The minimum Gasteiger partial charge on any atom is -0.465 e. The van der Waals surface area contributed by atoms with Crippen LogP contribution in [0.4, 0.5) is 19.3 Å². The molecule has 4 heterocycles. The van der Waals surface area contributed by atoms with Gasteiger partial charge in [0.2, 0.25) is 0 Å². The number of nitrogens with one attached hydrogen (secondary N) is 1. The number of anilines is 1. The fourth-order valence-corrected chi connectivity index (χ4v) is 11.8. The molecule has 2 aromatic rings. The third kappa shape index (κ3) is 8.15. The molecule has 0 unspecified atom stereocenters. The van der Waals surface area contributed by atoms with Crippen LogP contribution in [0.1, 0.15) is 44.1 Å². The van der Waals surface area contributed by atoms with Crippen LogP contribution < -0.4 is 10.2 Å². The standard InChI is InChI=1S/C41H56F2N6O5S/c1-29(22-45(2)3)38(50)48-23-35(24-48)55(53,54)34-13-11-33(12-14-34)49-26-40(43,27-49)25-47-19-15-30(16-20-47)41(28-46-17-6-18-46,31-7-4-8-32(42)21-31)36-9-5-10-37(36)44-39(51)52/h4,7-8,11-14,21,30,35-37,44H,1,5-6,9-10,15-20,22-28H2,2-3H3,(H,51,52)/t36-,37-,41-/m0/s1. The monoisotopic (exact) mass is 782 g/mol. The number of amides is 2. The lowest BCUT2D eigenvalue weighted by Gasteiger charge is -2.54. The molecule has 4 aliphatic heterocycles. The number of likely N-dealkylation sites (N-methyl/N-ethyl adjacent to an activating group) is 1. The predicted molar refractivity (Wildman–Crippen MR) is 208 cm³/mol. The second kappa shape index (κ2) is 15.7. The van der Waals surface area contributed by atoms with E-state index in [1.54, 1.807) is 36.4 Å². The number of nitrogens with zero attached hydrogens (tertiary/aromatic N) is 5. The number of benzene rings is 2. The van der Waals surface area contributed by atoms with Crippen molar-refractivity contribution in [1.29, 1.82) is 0 Å². The number of piperidine rings is 1. The Hall–Kier alpha value is -3.59. The molecule has 0 spiro atoms. The van der Waals surface area contributed by atoms with Crippen LogP contribution >= 0.6 is 0 Å².